The van der Waals surface area contributed by atoms with Gasteiger partial charge >= 0.3 is 0 Å². The number of carbonyl (C=O) groups is 1. The molecule has 1 aliphatic carbocycles. The predicted molar refractivity (Wildman–Crippen MR) is 110 cm³/mol. The molecule has 2 bridgehead atoms. The lowest BCUT2D eigenvalue weighted by Crippen LogP contribution is -2.26. The van der Waals surface area contributed by atoms with Crippen LogP contribution in [0.25, 0.3) is 5.65 Å². The number of anilines is 1. The van der Waals surface area contributed by atoms with Crippen LogP contribution in [0.2, 0.25) is 0 Å². The summed E-state index contributed by atoms with van der Waals surface area (Å²) in [4.78, 5) is 22.0. The largest absolute Gasteiger partial charge is 0.496 e. The Morgan fingerprint density at radius 3 is 2.67 bits per heavy atom. The molecule has 3 aromatic rings. The van der Waals surface area contributed by atoms with Crippen LogP contribution in [0.1, 0.15) is 42.2 Å². The first-order chi connectivity index (χ1) is 14.5. The standard InChI is InChI=1S/C22H24N4O4/c1-21-8-9-22(12-21,13-30-21)16-10-26-11-17(25-20(29-3)18(26)23-16)24-19(27)14-6-4-5-7-15(14)28-2/h4-7,10-11H,8-9,12-13H2,1-3H3,(H,24,27). The number of aromatic nitrogens is 3. The van der Waals surface area contributed by atoms with Crippen molar-refractivity contribution in [1.29, 1.82) is 0 Å². The number of nitrogens with one attached hydrogen (secondary N) is 1. The van der Waals surface area contributed by atoms with Gasteiger partial charge in [-0.15, -0.1) is 0 Å². The Morgan fingerprint density at radius 1 is 1.17 bits per heavy atom. The summed E-state index contributed by atoms with van der Waals surface area (Å²) in [6.07, 6.45) is 6.81. The lowest BCUT2D eigenvalue weighted by atomic mass is 9.84. The van der Waals surface area contributed by atoms with Crippen molar-refractivity contribution in [3.05, 3.63) is 47.9 Å². The summed E-state index contributed by atoms with van der Waals surface area (Å²) in [6, 6.07) is 7.05. The molecule has 2 fully saturated rings. The minimum atomic E-state index is -0.309. The van der Waals surface area contributed by atoms with Gasteiger partial charge in [-0.2, -0.15) is 4.98 Å². The zero-order valence-electron chi connectivity index (χ0n) is 17.3. The van der Waals surface area contributed by atoms with E-state index in [0.29, 0.717) is 35.3 Å². The Morgan fingerprint density at radius 2 is 2.00 bits per heavy atom. The summed E-state index contributed by atoms with van der Waals surface area (Å²) >= 11 is 0. The van der Waals surface area contributed by atoms with E-state index in [-0.39, 0.29) is 16.9 Å². The average molecular weight is 408 g/mol. The molecule has 0 spiro atoms. The van der Waals surface area contributed by atoms with Gasteiger partial charge in [0.2, 0.25) is 5.65 Å². The predicted octanol–water partition coefficient (Wildman–Crippen LogP) is 3.21. The summed E-state index contributed by atoms with van der Waals surface area (Å²) in [7, 11) is 3.08. The number of ether oxygens (including phenoxy) is 3. The molecule has 2 unspecified atom stereocenters. The molecule has 1 N–H and O–H groups in total. The number of benzene rings is 1. The summed E-state index contributed by atoms with van der Waals surface area (Å²) in [5.74, 6) is 0.916. The van der Waals surface area contributed by atoms with Crippen LogP contribution in [0, 0.1) is 0 Å². The van der Waals surface area contributed by atoms with Crippen LogP contribution in [0.4, 0.5) is 5.82 Å². The third-order valence-electron chi connectivity index (χ3n) is 6.28. The SMILES string of the molecule is COc1ccccc1C(=O)Nc1cn2cc(C34CCC(C)(C3)OC4)nc2c(OC)n1. The second-order valence-electron chi connectivity index (χ2n) is 8.34. The van der Waals surface area contributed by atoms with Crippen LogP contribution in [0.15, 0.2) is 36.7 Å². The number of methoxy groups -OCH3 is 2. The van der Waals surface area contributed by atoms with Crippen molar-refractivity contribution in [2.75, 3.05) is 26.1 Å². The summed E-state index contributed by atoms with van der Waals surface area (Å²) < 4.78 is 18.6. The molecule has 1 saturated carbocycles. The van der Waals surface area contributed by atoms with E-state index in [2.05, 4.69) is 17.2 Å². The molecule has 2 aromatic heterocycles. The van der Waals surface area contributed by atoms with E-state index < -0.39 is 0 Å². The Labute approximate surface area is 174 Å². The Balaban J connectivity index is 1.49. The number of para-hydroxylation sites is 1. The molecule has 0 radical (unpaired) electrons. The van der Waals surface area contributed by atoms with E-state index in [9.17, 15) is 4.79 Å². The molecular weight excluding hydrogens is 384 g/mol. The zero-order chi connectivity index (χ0) is 20.9. The molecule has 30 heavy (non-hydrogen) atoms. The average Bonchev–Trinajstić information content (AvgIpc) is 3.44. The molecule has 1 saturated heterocycles. The fraction of sp³-hybridized carbons (Fsp3) is 0.409. The molecule has 156 valence electrons. The molecular formula is C22H24N4O4. The highest BCUT2D eigenvalue weighted by atomic mass is 16.5. The minimum Gasteiger partial charge on any atom is -0.496 e. The minimum absolute atomic E-state index is 0.0496. The molecule has 2 atom stereocenters. The molecule has 1 amide bonds. The number of nitrogens with zero attached hydrogens (tertiary/aromatic N) is 3. The number of rotatable bonds is 5. The van der Waals surface area contributed by atoms with Crippen LogP contribution in [0.5, 0.6) is 11.6 Å². The van der Waals surface area contributed by atoms with Crippen molar-refractivity contribution < 1.29 is 19.0 Å². The van der Waals surface area contributed by atoms with Gasteiger partial charge in [0.15, 0.2) is 5.82 Å². The summed E-state index contributed by atoms with van der Waals surface area (Å²) in [5.41, 5.74) is 1.92. The van der Waals surface area contributed by atoms with Crippen molar-refractivity contribution in [1.82, 2.24) is 14.4 Å². The highest BCUT2D eigenvalue weighted by Crippen LogP contribution is 2.53. The molecule has 1 aliphatic heterocycles. The van der Waals surface area contributed by atoms with E-state index in [0.717, 1.165) is 25.0 Å². The van der Waals surface area contributed by atoms with Gasteiger partial charge in [-0.1, -0.05) is 12.1 Å². The van der Waals surface area contributed by atoms with Crippen LogP contribution in [0.3, 0.4) is 0 Å². The van der Waals surface area contributed by atoms with Crippen LogP contribution >= 0.6 is 0 Å². The maximum absolute atomic E-state index is 12.8. The number of imidazole rings is 1. The third-order valence-corrected chi connectivity index (χ3v) is 6.28. The van der Waals surface area contributed by atoms with Crippen molar-refractivity contribution in [2.24, 2.45) is 0 Å². The van der Waals surface area contributed by atoms with Crippen molar-refractivity contribution in [3.8, 4) is 11.6 Å². The van der Waals surface area contributed by atoms with Crippen LogP contribution in [-0.4, -0.2) is 46.7 Å². The van der Waals surface area contributed by atoms with Gasteiger partial charge < -0.3 is 19.5 Å². The highest BCUT2D eigenvalue weighted by molar-refractivity contribution is 6.05. The lowest BCUT2D eigenvalue weighted by molar-refractivity contribution is -0.00627. The Bertz CT molecular complexity index is 1130. The second kappa shape index (κ2) is 6.70. The molecule has 8 nitrogen and oxygen atoms in total. The Hall–Kier alpha value is -3.13. The molecule has 5 rings (SSSR count). The first-order valence-electron chi connectivity index (χ1n) is 9.98. The topological polar surface area (TPSA) is 87.0 Å². The van der Waals surface area contributed by atoms with Gasteiger partial charge in [-0.3, -0.25) is 9.20 Å². The van der Waals surface area contributed by atoms with Crippen molar-refractivity contribution in [2.45, 2.75) is 37.2 Å². The number of hydrogen-bond donors (Lipinski definition) is 1. The second-order valence-corrected chi connectivity index (χ2v) is 8.34. The number of fused-ring (bicyclic) bond motifs is 3. The summed E-state index contributed by atoms with van der Waals surface area (Å²) in [6.45, 7) is 2.85. The van der Waals surface area contributed by atoms with Gasteiger partial charge in [0.1, 0.15) is 5.75 Å². The van der Waals surface area contributed by atoms with Crippen molar-refractivity contribution in [3.63, 3.8) is 0 Å². The maximum atomic E-state index is 12.8. The first kappa shape index (κ1) is 18.9. The zero-order valence-corrected chi connectivity index (χ0v) is 17.3. The number of amides is 1. The summed E-state index contributed by atoms with van der Waals surface area (Å²) in [5, 5.41) is 2.83. The maximum Gasteiger partial charge on any atom is 0.260 e. The first-order valence-corrected chi connectivity index (χ1v) is 9.98. The molecule has 2 aliphatic rings. The third kappa shape index (κ3) is 2.90. The van der Waals surface area contributed by atoms with Gasteiger partial charge in [-0.25, -0.2) is 4.98 Å². The van der Waals surface area contributed by atoms with E-state index in [1.807, 2.05) is 16.7 Å². The number of carbonyl (C=O) groups excluding carboxylic acids is 1. The van der Waals surface area contributed by atoms with Gasteiger partial charge in [0, 0.05) is 11.6 Å². The number of hydrogen-bond acceptors (Lipinski definition) is 6. The fourth-order valence-corrected chi connectivity index (χ4v) is 4.69. The highest BCUT2D eigenvalue weighted by Gasteiger charge is 2.55. The van der Waals surface area contributed by atoms with E-state index in [1.54, 1.807) is 31.5 Å². The molecule has 3 heterocycles. The smallest absolute Gasteiger partial charge is 0.260 e. The van der Waals surface area contributed by atoms with Crippen molar-refractivity contribution >= 4 is 17.4 Å². The Kier molecular flexibility index (Phi) is 4.21. The van der Waals surface area contributed by atoms with Crippen LogP contribution in [-0.2, 0) is 10.2 Å². The van der Waals surface area contributed by atoms with Crippen LogP contribution < -0.4 is 14.8 Å². The fourth-order valence-electron chi connectivity index (χ4n) is 4.69. The van der Waals surface area contributed by atoms with E-state index >= 15 is 0 Å². The lowest BCUT2D eigenvalue weighted by Gasteiger charge is -2.24. The molecule has 8 heteroatoms. The quantitative estimate of drug-likeness (QED) is 0.698. The van der Waals surface area contributed by atoms with Gasteiger partial charge in [0.05, 0.1) is 43.9 Å². The van der Waals surface area contributed by atoms with E-state index in [1.165, 1.54) is 7.11 Å². The normalized spacial score (nSPS) is 24.9. The van der Waals surface area contributed by atoms with Gasteiger partial charge in [-0.05, 0) is 38.3 Å². The van der Waals surface area contributed by atoms with E-state index in [4.69, 9.17) is 19.2 Å². The molecule has 1 aromatic carbocycles. The van der Waals surface area contributed by atoms with Gasteiger partial charge in [0.25, 0.3) is 11.8 Å². The monoisotopic (exact) mass is 408 g/mol.